The van der Waals surface area contributed by atoms with Crippen LogP contribution in [-0.2, 0) is 21.6 Å². The Morgan fingerprint density at radius 2 is 2.00 bits per heavy atom. The molecule has 198 valence electrons. The molecule has 1 aromatic carbocycles. The summed E-state index contributed by atoms with van der Waals surface area (Å²) in [7, 11) is 1.52. The third-order valence-electron chi connectivity index (χ3n) is 6.35. The summed E-state index contributed by atoms with van der Waals surface area (Å²) < 4.78 is 15.3. The zero-order valence-electron chi connectivity index (χ0n) is 21.4. The normalized spacial score (nSPS) is 12.4. The number of benzene rings is 1. The van der Waals surface area contributed by atoms with E-state index in [0.717, 1.165) is 4.57 Å². The van der Waals surface area contributed by atoms with Crippen molar-refractivity contribution in [2.75, 3.05) is 13.7 Å². The number of carbonyl (C=O) groups is 1. The summed E-state index contributed by atoms with van der Waals surface area (Å²) in [5.74, 6) is -0.799. The monoisotopic (exact) mass is 537 g/mol. The minimum absolute atomic E-state index is 0.0599. The van der Waals surface area contributed by atoms with Gasteiger partial charge in [0, 0.05) is 23.5 Å². The van der Waals surface area contributed by atoms with E-state index in [4.69, 9.17) is 14.7 Å². The summed E-state index contributed by atoms with van der Waals surface area (Å²) in [5, 5.41) is 24.1. The zero-order chi connectivity index (χ0) is 27.6. The van der Waals surface area contributed by atoms with Crippen molar-refractivity contribution in [2.24, 2.45) is 0 Å². The third-order valence-corrected chi connectivity index (χ3v) is 7.65. The molecule has 3 aromatic heterocycles. The molecule has 0 bridgehead atoms. The molecule has 11 nitrogen and oxygen atoms in total. The topological polar surface area (TPSA) is 141 Å². The molecule has 0 unspecified atom stereocenters. The van der Waals surface area contributed by atoms with Crippen LogP contribution in [0.2, 0.25) is 0 Å². The predicted octanol–water partition coefficient (Wildman–Crippen LogP) is 3.22. The lowest BCUT2D eigenvalue weighted by Gasteiger charge is -2.25. The Kier molecular flexibility index (Phi) is 7.52. The number of hydrogen-bond donors (Lipinski definition) is 1. The van der Waals surface area contributed by atoms with Crippen molar-refractivity contribution in [1.29, 1.82) is 5.26 Å². The number of para-hydroxylation sites is 1. The Hall–Kier alpha value is -4.21. The number of nitriles is 1. The van der Waals surface area contributed by atoms with Crippen molar-refractivity contribution in [1.82, 2.24) is 18.9 Å². The number of carboxylic acid groups (broad SMARTS) is 1. The first kappa shape index (κ1) is 26.8. The highest BCUT2D eigenvalue weighted by Crippen LogP contribution is 2.34. The van der Waals surface area contributed by atoms with E-state index < -0.39 is 28.9 Å². The van der Waals surface area contributed by atoms with E-state index in [0.29, 0.717) is 26.7 Å². The average molecular weight is 538 g/mol. The van der Waals surface area contributed by atoms with Gasteiger partial charge in [0.2, 0.25) is 0 Å². The van der Waals surface area contributed by atoms with Gasteiger partial charge in [0.25, 0.3) is 5.56 Å². The van der Waals surface area contributed by atoms with Crippen molar-refractivity contribution in [3.05, 3.63) is 74.7 Å². The number of nitrogens with zero attached hydrogens (tertiary/aromatic N) is 5. The molecule has 0 spiro atoms. The Morgan fingerprint density at radius 3 is 2.63 bits per heavy atom. The Bertz CT molecular complexity index is 1640. The molecule has 4 rings (SSSR count). The Balaban J connectivity index is 2.02. The molecule has 38 heavy (non-hydrogen) atoms. The quantitative estimate of drug-likeness (QED) is 0.304. The first-order valence-electron chi connectivity index (χ1n) is 11.8. The fourth-order valence-corrected chi connectivity index (χ4v) is 5.52. The fraction of sp³-hybridized carbons (Fsp3) is 0.346. The predicted molar refractivity (Wildman–Crippen MR) is 141 cm³/mol. The molecule has 0 saturated heterocycles. The number of hydrogen-bond acceptors (Lipinski definition) is 8. The van der Waals surface area contributed by atoms with Gasteiger partial charge in [0.05, 0.1) is 38.1 Å². The molecular weight excluding hydrogens is 510 g/mol. The van der Waals surface area contributed by atoms with E-state index in [9.17, 15) is 19.5 Å². The first-order chi connectivity index (χ1) is 18.1. The molecular formula is C26H27N5O6S. The van der Waals surface area contributed by atoms with E-state index in [2.05, 4.69) is 5.10 Å². The van der Waals surface area contributed by atoms with Crippen molar-refractivity contribution in [2.45, 2.75) is 45.4 Å². The number of methoxy groups -OCH3 is 1. The Labute approximate surface area is 221 Å². The van der Waals surface area contributed by atoms with Gasteiger partial charge in [-0.05, 0) is 32.9 Å². The lowest BCUT2D eigenvalue weighted by atomic mass is 10.1. The SMILES string of the molecule is COc1ccccc1[C@H](Cn1c(=O)n(C(C)(C)C(=O)O)c(=O)c2c(C)c(-n3cccn3)sc21)OCCC#N. The summed E-state index contributed by atoms with van der Waals surface area (Å²) >= 11 is 1.20. The van der Waals surface area contributed by atoms with E-state index >= 15 is 0 Å². The third kappa shape index (κ3) is 4.62. The molecule has 0 aliphatic heterocycles. The van der Waals surface area contributed by atoms with Crippen molar-refractivity contribution < 1.29 is 19.4 Å². The van der Waals surface area contributed by atoms with Crippen molar-refractivity contribution in [3.8, 4) is 16.8 Å². The second kappa shape index (κ2) is 10.6. The van der Waals surface area contributed by atoms with E-state index in [1.165, 1.54) is 36.9 Å². The van der Waals surface area contributed by atoms with Gasteiger partial charge < -0.3 is 14.6 Å². The second-order valence-electron chi connectivity index (χ2n) is 9.07. The number of thiophene rings is 1. The standard InChI is InChI=1S/C26H27N5O6S/c1-16-20-21(32)31(26(2,3)24(33)34)25(35)29(23(20)38-22(16)30-13-8-12-28-30)15-19(37-14-7-11-27)17-9-5-6-10-18(17)36-4/h5-6,8-10,12-13,19H,7,14-15H2,1-4H3,(H,33,34)/t19-/m0/s1. The second-order valence-corrected chi connectivity index (χ2v) is 10.0. The number of aliphatic carboxylic acids is 1. The van der Waals surface area contributed by atoms with Crippen LogP contribution in [0.3, 0.4) is 0 Å². The van der Waals surface area contributed by atoms with Crippen LogP contribution in [0.5, 0.6) is 5.75 Å². The summed E-state index contributed by atoms with van der Waals surface area (Å²) in [6.07, 6.45) is 2.71. The minimum atomic E-state index is -1.83. The number of aromatic nitrogens is 4. The molecule has 0 saturated carbocycles. The number of carboxylic acids is 1. The van der Waals surface area contributed by atoms with Crippen LogP contribution >= 0.6 is 11.3 Å². The molecule has 3 heterocycles. The summed E-state index contributed by atoms with van der Waals surface area (Å²) in [4.78, 5) is 40.1. The van der Waals surface area contributed by atoms with Crippen LogP contribution in [0.1, 0.15) is 37.5 Å². The average Bonchev–Trinajstić information content (AvgIpc) is 3.53. The van der Waals surface area contributed by atoms with Crippen LogP contribution in [-0.4, -0.2) is 43.7 Å². The summed E-state index contributed by atoms with van der Waals surface area (Å²) in [6, 6.07) is 10.9. The maximum Gasteiger partial charge on any atom is 0.333 e. The van der Waals surface area contributed by atoms with Gasteiger partial charge in [-0.2, -0.15) is 10.4 Å². The van der Waals surface area contributed by atoms with Gasteiger partial charge in [-0.3, -0.25) is 9.36 Å². The molecule has 0 aliphatic rings. The fourth-order valence-electron chi connectivity index (χ4n) is 4.28. The highest BCUT2D eigenvalue weighted by Gasteiger charge is 2.36. The lowest BCUT2D eigenvalue weighted by molar-refractivity contribution is -0.146. The maximum absolute atomic E-state index is 13.9. The molecule has 1 atom stereocenters. The number of aryl methyl sites for hydroxylation is 1. The molecule has 1 N–H and O–H groups in total. The van der Waals surface area contributed by atoms with Gasteiger partial charge in [-0.25, -0.2) is 18.8 Å². The van der Waals surface area contributed by atoms with Crippen molar-refractivity contribution >= 4 is 27.5 Å². The molecule has 4 aromatic rings. The molecule has 12 heteroatoms. The van der Waals surface area contributed by atoms with Gasteiger partial charge >= 0.3 is 11.7 Å². The summed E-state index contributed by atoms with van der Waals surface area (Å²) in [6.45, 7) is 4.40. The van der Waals surface area contributed by atoms with Crippen molar-refractivity contribution in [3.63, 3.8) is 0 Å². The van der Waals surface area contributed by atoms with E-state index in [1.54, 1.807) is 54.3 Å². The first-order valence-corrected chi connectivity index (χ1v) is 12.6. The molecule has 0 fully saturated rings. The largest absolute Gasteiger partial charge is 0.496 e. The molecule has 0 radical (unpaired) electrons. The summed E-state index contributed by atoms with van der Waals surface area (Å²) in [5.41, 5.74) is -2.09. The highest BCUT2D eigenvalue weighted by molar-refractivity contribution is 7.21. The smallest absolute Gasteiger partial charge is 0.333 e. The maximum atomic E-state index is 13.9. The van der Waals surface area contributed by atoms with Crippen LogP contribution in [0.4, 0.5) is 0 Å². The Morgan fingerprint density at radius 1 is 1.26 bits per heavy atom. The van der Waals surface area contributed by atoms with Crippen LogP contribution in [0.25, 0.3) is 15.2 Å². The lowest BCUT2D eigenvalue weighted by Crippen LogP contribution is -2.52. The molecule has 0 amide bonds. The highest BCUT2D eigenvalue weighted by atomic mass is 32.1. The van der Waals surface area contributed by atoms with Gasteiger partial charge in [-0.15, -0.1) is 0 Å². The van der Waals surface area contributed by atoms with Crippen LogP contribution in [0, 0.1) is 18.3 Å². The zero-order valence-corrected chi connectivity index (χ0v) is 22.2. The number of rotatable bonds is 10. The van der Waals surface area contributed by atoms with E-state index in [-0.39, 0.29) is 25.0 Å². The number of fused-ring (bicyclic) bond motifs is 1. The van der Waals surface area contributed by atoms with Crippen LogP contribution < -0.4 is 16.0 Å². The van der Waals surface area contributed by atoms with Crippen LogP contribution in [0.15, 0.2) is 52.3 Å². The molecule has 0 aliphatic carbocycles. The van der Waals surface area contributed by atoms with Gasteiger partial charge in [-0.1, -0.05) is 29.5 Å². The number of ether oxygens (including phenoxy) is 2. The van der Waals surface area contributed by atoms with Gasteiger partial charge in [0.1, 0.15) is 27.2 Å². The van der Waals surface area contributed by atoms with E-state index in [1.807, 2.05) is 6.07 Å². The van der Waals surface area contributed by atoms with Gasteiger partial charge in [0.15, 0.2) is 0 Å². The minimum Gasteiger partial charge on any atom is -0.496 e.